The fourth-order valence-corrected chi connectivity index (χ4v) is 12.7. The SMILES string of the molecule is COC(=O)N[C@H]1[C@@H](C)O[C@@H](O[C@H]2/C=C/C(C)[C@@H]3C=C[C@@H]4[C@@H](O[C@H]5C[C@@H](OC(C)=O)[C@@H](O)[C@H](C)O5)[C@@H](C)C[C@H](C)[C@H]4[C@]3(C)C(O)=C3C(=O)OC4(CC(C=O)=C[C@H](O)[C@H]4C=C2C)C3=O)C[C@]1(C)[NH+]([O-])O. The van der Waals surface area contributed by atoms with Crippen LogP contribution in [0.5, 0.6) is 0 Å². The van der Waals surface area contributed by atoms with Gasteiger partial charge in [0.1, 0.15) is 35.9 Å². The lowest BCUT2D eigenvalue weighted by Crippen LogP contribution is -3.17. The van der Waals surface area contributed by atoms with Crippen LogP contribution >= 0.6 is 0 Å². The van der Waals surface area contributed by atoms with Gasteiger partial charge in [0.25, 0.3) is 0 Å². The number of alkyl carbamates (subject to hydrolysis) is 1. The molecular weight excluding hydrogens is 889 g/mol. The Hall–Kier alpha value is -4.31. The molecule has 1 spiro atoms. The quantitative estimate of drug-likeness (QED) is 0.0510. The van der Waals surface area contributed by atoms with Crippen molar-refractivity contribution in [1.82, 2.24) is 5.32 Å². The predicted octanol–water partition coefficient (Wildman–Crippen LogP) is 3.01. The minimum atomic E-state index is -2.16. The number of methoxy groups -OCH3 is 1. The van der Waals surface area contributed by atoms with E-state index < -0.39 is 154 Å². The lowest BCUT2D eigenvalue weighted by Gasteiger charge is -2.57. The van der Waals surface area contributed by atoms with E-state index in [1.807, 2.05) is 39.0 Å². The van der Waals surface area contributed by atoms with Gasteiger partial charge in [0.2, 0.25) is 5.78 Å². The van der Waals surface area contributed by atoms with E-state index in [9.17, 15) is 44.9 Å². The van der Waals surface area contributed by atoms with Crippen LogP contribution in [0.2, 0.25) is 0 Å². The third-order valence-corrected chi connectivity index (χ3v) is 16.1. The minimum absolute atomic E-state index is 0.0161. The van der Waals surface area contributed by atoms with Crippen molar-refractivity contribution in [1.29, 1.82) is 0 Å². The molecule has 0 aromatic carbocycles. The zero-order chi connectivity index (χ0) is 49.9. The number of rotatable bonds is 8. The van der Waals surface area contributed by atoms with Crippen LogP contribution in [0.4, 0.5) is 4.79 Å². The molecular formula is C49H68N2O17. The Morgan fingerprint density at radius 1 is 0.941 bits per heavy atom. The van der Waals surface area contributed by atoms with Gasteiger partial charge >= 0.3 is 18.0 Å². The number of aliphatic hydroxyl groups is 3. The molecule has 1 amide bonds. The minimum Gasteiger partial charge on any atom is -0.600 e. The molecule has 3 saturated heterocycles. The van der Waals surface area contributed by atoms with Crippen LogP contribution in [0.3, 0.4) is 0 Å². The second-order valence-corrected chi connectivity index (χ2v) is 20.6. The number of ketones is 1. The number of ether oxygens (including phenoxy) is 7. The first-order chi connectivity index (χ1) is 31.9. The number of amides is 1. The summed E-state index contributed by atoms with van der Waals surface area (Å²) in [4.78, 5) is 66.4. The van der Waals surface area contributed by atoms with E-state index in [2.05, 4.69) is 12.2 Å². The van der Waals surface area contributed by atoms with Gasteiger partial charge in [0, 0.05) is 31.1 Å². The van der Waals surface area contributed by atoms with Crippen molar-refractivity contribution in [3.05, 3.63) is 64.1 Å². The smallest absolute Gasteiger partial charge is 0.407 e. The van der Waals surface area contributed by atoms with Crippen LogP contribution in [-0.4, -0.2) is 130 Å². The van der Waals surface area contributed by atoms with E-state index in [1.54, 1.807) is 32.9 Å². The number of hydrogen-bond donors (Lipinski definition) is 6. The molecule has 0 aromatic rings. The van der Waals surface area contributed by atoms with Crippen LogP contribution in [0, 0.1) is 52.0 Å². The third kappa shape index (κ3) is 9.02. The topological polar surface area (TPSA) is 270 Å². The molecule has 2 bridgehead atoms. The number of Topliss-reactive ketones (excluding diaryl/α,β-unsaturated/α-hetero) is 1. The number of aliphatic hydroxyl groups excluding tert-OH is 3. The van der Waals surface area contributed by atoms with Gasteiger partial charge in [0.15, 0.2) is 23.7 Å². The maximum Gasteiger partial charge on any atom is 0.407 e. The zero-order valence-electron chi connectivity index (χ0n) is 40.3. The standard InChI is InChI=1S/C49H68N2O17/c1-22-11-14-34(66-37-20-47(8,51(60)61)42(27(6)64-37)50-46(59)62-10)23(2)16-32-33(54)17-29(21-52)19-49(32)44(57)38(45(58)68-49)43(56)48(9)31(22)13-12-30-39(48)24(3)15-25(4)41(30)67-36-18-35(65-28(7)53)40(55)26(5)63-36/h11-14,16-17,21-22,24-27,30-37,39-42,51,54-56,60H,15,18-20H2,1-10H3,(H,50,59)/b14-11+,23-16?,43-38?/t22?,24-,25-,26-,27+,30-,31-,32+,33-,34-,35+,36-,37-,39+,40-,41-,42-,47-,48+,49?/m0/s1. The third-order valence-electron chi connectivity index (χ3n) is 16.1. The fourth-order valence-electron chi connectivity index (χ4n) is 12.7. The van der Waals surface area contributed by atoms with Crippen molar-refractivity contribution in [3.8, 4) is 0 Å². The number of fused-ring (bicyclic) bond motifs is 4. The van der Waals surface area contributed by atoms with Gasteiger partial charge in [-0.25, -0.2) is 20.0 Å². The summed E-state index contributed by atoms with van der Waals surface area (Å²) in [5.41, 5.74) is -5.25. The fraction of sp³-hybridized carbons (Fsp3) is 0.694. The summed E-state index contributed by atoms with van der Waals surface area (Å²) in [5.74, 6) is -6.45. The van der Waals surface area contributed by atoms with Crippen LogP contribution < -0.4 is 10.5 Å². The van der Waals surface area contributed by atoms with E-state index >= 15 is 4.79 Å². The zero-order valence-corrected chi connectivity index (χ0v) is 40.3. The number of carbonyl (C=O) groups excluding carboxylic acids is 5. The summed E-state index contributed by atoms with van der Waals surface area (Å²) in [6, 6.07) is -1.01. The average Bonchev–Trinajstić information content (AvgIpc) is 3.51. The van der Waals surface area contributed by atoms with Gasteiger partial charge < -0.3 is 59.0 Å². The van der Waals surface area contributed by atoms with E-state index in [0.29, 0.717) is 18.3 Å². The van der Waals surface area contributed by atoms with E-state index in [1.165, 1.54) is 27.0 Å². The highest BCUT2D eigenvalue weighted by Crippen LogP contribution is 2.61. The number of nitrogens with one attached hydrogen (secondary N) is 2. The molecule has 19 heteroatoms. The van der Waals surface area contributed by atoms with Crippen molar-refractivity contribution in [2.24, 2.45) is 46.8 Å². The van der Waals surface area contributed by atoms with Crippen molar-refractivity contribution in [3.63, 3.8) is 0 Å². The summed E-state index contributed by atoms with van der Waals surface area (Å²) >= 11 is 0. The van der Waals surface area contributed by atoms with Gasteiger partial charge in [-0.2, -0.15) is 0 Å². The highest BCUT2D eigenvalue weighted by molar-refractivity contribution is 6.26. The van der Waals surface area contributed by atoms with Crippen molar-refractivity contribution < 1.29 is 82.9 Å². The second-order valence-electron chi connectivity index (χ2n) is 20.6. The van der Waals surface area contributed by atoms with Crippen LogP contribution in [0.1, 0.15) is 88.0 Å². The molecule has 3 heterocycles. The normalized spacial score (nSPS) is 45.8. The van der Waals surface area contributed by atoms with Crippen molar-refractivity contribution in [2.75, 3.05) is 7.11 Å². The molecule has 19 nitrogen and oxygen atoms in total. The summed E-state index contributed by atoms with van der Waals surface area (Å²) in [5, 5.41) is 60.3. The molecule has 68 heavy (non-hydrogen) atoms. The molecule has 6 N–H and O–H groups in total. The first-order valence-electron chi connectivity index (χ1n) is 23.6. The molecule has 376 valence electrons. The number of esters is 2. The molecule has 3 aliphatic heterocycles. The number of hydroxylamine groups is 2. The number of carbonyl (C=O) groups is 5. The molecule has 0 radical (unpaired) electrons. The Kier molecular flexibility index (Phi) is 14.8. The molecule has 7 aliphatic rings. The van der Waals surface area contributed by atoms with E-state index in [0.717, 1.165) is 0 Å². The summed E-state index contributed by atoms with van der Waals surface area (Å²) < 4.78 is 42.1. The lowest BCUT2D eigenvalue weighted by atomic mass is 9.48. The average molecular weight is 957 g/mol. The highest BCUT2D eigenvalue weighted by Gasteiger charge is 2.65. The van der Waals surface area contributed by atoms with Crippen molar-refractivity contribution in [2.45, 2.75) is 160 Å². The maximum absolute atomic E-state index is 15.3. The van der Waals surface area contributed by atoms with Gasteiger partial charge in [-0.1, -0.05) is 58.1 Å². The number of quaternary nitrogens is 1. The number of aldehydes is 1. The molecule has 1 saturated carbocycles. The highest BCUT2D eigenvalue weighted by atomic mass is 16.8. The van der Waals surface area contributed by atoms with Gasteiger partial charge in [-0.05, 0) is 80.9 Å². The molecule has 3 unspecified atom stereocenters. The Bertz CT molecular complexity index is 2150. The van der Waals surface area contributed by atoms with Crippen molar-refractivity contribution >= 4 is 30.1 Å². The van der Waals surface area contributed by atoms with Crippen LogP contribution in [-0.2, 0) is 52.3 Å². The maximum atomic E-state index is 15.3. The first-order valence-corrected chi connectivity index (χ1v) is 23.6. The number of allylic oxidation sites excluding steroid dienone is 3. The predicted molar refractivity (Wildman–Crippen MR) is 238 cm³/mol. The Morgan fingerprint density at radius 2 is 1.63 bits per heavy atom. The van der Waals surface area contributed by atoms with E-state index in [-0.39, 0.29) is 30.3 Å². The van der Waals surface area contributed by atoms with Gasteiger partial charge in [-0.15, -0.1) is 0 Å². The van der Waals surface area contributed by atoms with Crippen LogP contribution in [0.25, 0.3) is 0 Å². The largest absolute Gasteiger partial charge is 0.600 e. The first kappa shape index (κ1) is 51.5. The molecule has 4 aliphatic carbocycles. The molecule has 4 fully saturated rings. The van der Waals surface area contributed by atoms with Gasteiger partial charge in [0.05, 0.1) is 50.0 Å². The lowest BCUT2D eigenvalue weighted by molar-refractivity contribution is -1.09. The Balaban J connectivity index is 1.34. The van der Waals surface area contributed by atoms with Crippen LogP contribution in [0.15, 0.2) is 58.9 Å². The monoisotopic (exact) mass is 956 g/mol. The molecule has 21 atom stereocenters. The Morgan fingerprint density at radius 3 is 2.28 bits per heavy atom. The summed E-state index contributed by atoms with van der Waals surface area (Å²) in [7, 11) is 1.17. The Labute approximate surface area is 396 Å². The molecule has 7 rings (SSSR count). The van der Waals surface area contributed by atoms with Gasteiger partial charge in [-0.3, -0.25) is 14.4 Å². The second kappa shape index (κ2) is 19.5. The number of hydrogen-bond acceptors (Lipinski definition) is 17. The summed E-state index contributed by atoms with van der Waals surface area (Å²) in [6.07, 6.45) is 1.58. The summed E-state index contributed by atoms with van der Waals surface area (Å²) in [6.45, 7) is 15.6. The van der Waals surface area contributed by atoms with E-state index in [4.69, 9.17) is 33.2 Å². The molecule has 0 aromatic heterocycles.